The van der Waals surface area contributed by atoms with Crippen LogP contribution in [0.5, 0.6) is 5.75 Å². The van der Waals surface area contributed by atoms with Gasteiger partial charge in [-0.2, -0.15) is 0 Å². The number of ether oxygens (including phenoxy) is 1. The minimum Gasteiger partial charge on any atom is -0.488 e. The van der Waals surface area contributed by atoms with Crippen molar-refractivity contribution >= 4 is 6.29 Å². The molecule has 0 radical (unpaired) electrons. The van der Waals surface area contributed by atoms with Crippen molar-refractivity contribution < 1.29 is 9.53 Å². The number of rotatable bonds is 4. The highest BCUT2D eigenvalue weighted by Crippen LogP contribution is 2.24. The van der Waals surface area contributed by atoms with Gasteiger partial charge in [-0.05, 0) is 51.0 Å². The Bertz CT molecular complexity index is 354. The predicted molar refractivity (Wildman–Crippen MR) is 61.6 cm³/mol. The van der Waals surface area contributed by atoms with Crippen LogP contribution in [-0.2, 0) is 0 Å². The molecule has 1 rings (SSSR count). The Labute approximate surface area is 91.3 Å². The van der Waals surface area contributed by atoms with Gasteiger partial charge in [-0.25, -0.2) is 0 Å². The SMILES string of the molecule is CCC(C)(C)Oc1ccc(C=O)cc1C. The first-order valence-electron chi connectivity index (χ1n) is 5.23. The van der Waals surface area contributed by atoms with Crippen molar-refractivity contribution in [3.63, 3.8) is 0 Å². The summed E-state index contributed by atoms with van der Waals surface area (Å²) in [5.74, 6) is 0.854. The van der Waals surface area contributed by atoms with Crippen molar-refractivity contribution in [2.24, 2.45) is 0 Å². The van der Waals surface area contributed by atoms with Gasteiger partial charge in [-0.3, -0.25) is 4.79 Å². The number of hydrogen-bond acceptors (Lipinski definition) is 2. The summed E-state index contributed by atoms with van der Waals surface area (Å²) in [5, 5.41) is 0. The van der Waals surface area contributed by atoms with Crippen molar-refractivity contribution in [2.45, 2.75) is 39.7 Å². The van der Waals surface area contributed by atoms with E-state index in [4.69, 9.17) is 4.74 Å². The number of benzene rings is 1. The number of carbonyl (C=O) groups excluding carboxylic acids is 1. The Balaban J connectivity index is 2.92. The van der Waals surface area contributed by atoms with Crippen molar-refractivity contribution in [1.29, 1.82) is 0 Å². The lowest BCUT2D eigenvalue weighted by atomic mass is 10.1. The Morgan fingerprint density at radius 1 is 1.40 bits per heavy atom. The molecule has 0 aromatic heterocycles. The average molecular weight is 206 g/mol. The molecule has 0 aliphatic heterocycles. The van der Waals surface area contributed by atoms with Crippen molar-refractivity contribution in [2.75, 3.05) is 0 Å². The van der Waals surface area contributed by atoms with E-state index in [2.05, 4.69) is 20.8 Å². The van der Waals surface area contributed by atoms with E-state index in [0.29, 0.717) is 5.56 Å². The Morgan fingerprint density at radius 3 is 2.53 bits per heavy atom. The summed E-state index contributed by atoms with van der Waals surface area (Å²) in [6, 6.07) is 5.48. The first-order chi connectivity index (χ1) is 6.98. The molecule has 0 N–H and O–H groups in total. The molecule has 2 heteroatoms. The molecule has 1 aromatic rings. The summed E-state index contributed by atoms with van der Waals surface area (Å²) in [6.07, 6.45) is 1.80. The van der Waals surface area contributed by atoms with Gasteiger partial charge in [0, 0.05) is 5.56 Å². The lowest BCUT2D eigenvalue weighted by Crippen LogP contribution is -2.27. The fraction of sp³-hybridized carbons (Fsp3) is 0.462. The minimum absolute atomic E-state index is 0.159. The molecule has 82 valence electrons. The van der Waals surface area contributed by atoms with Gasteiger partial charge >= 0.3 is 0 Å². The maximum absolute atomic E-state index is 10.6. The van der Waals surface area contributed by atoms with Crippen LogP contribution in [0, 0.1) is 6.92 Å². The Morgan fingerprint density at radius 2 is 2.07 bits per heavy atom. The van der Waals surface area contributed by atoms with Gasteiger partial charge in [0.15, 0.2) is 0 Å². The lowest BCUT2D eigenvalue weighted by Gasteiger charge is -2.26. The molecule has 0 amide bonds. The molecule has 0 heterocycles. The first kappa shape index (κ1) is 11.8. The zero-order valence-electron chi connectivity index (χ0n) is 9.83. The average Bonchev–Trinajstić information content (AvgIpc) is 2.21. The van der Waals surface area contributed by atoms with Crippen LogP contribution in [0.4, 0.5) is 0 Å². The van der Waals surface area contributed by atoms with Crippen LogP contribution in [0.1, 0.15) is 43.1 Å². The summed E-state index contributed by atoms with van der Waals surface area (Å²) in [4.78, 5) is 10.6. The largest absolute Gasteiger partial charge is 0.488 e. The van der Waals surface area contributed by atoms with Gasteiger partial charge in [-0.15, -0.1) is 0 Å². The van der Waals surface area contributed by atoms with Crippen LogP contribution in [0.2, 0.25) is 0 Å². The van der Waals surface area contributed by atoms with E-state index in [1.54, 1.807) is 6.07 Å². The Kier molecular flexibility index (Phi) is 3.51. The summed E-state index contributed by atoms with van der Waals surface area (Å²) in [7, 11) is 0. The second-order valence-corrected chi connectivity index (χ2v) is 4.36. The maximum Gasteiger partial charge on any atom is 0.150 e. The van der Waals surface area contributed by atoms with Gasteiger partial charge in [0.1, 0.15) is 17.6 Å². The van der Waals surface area contributed by atoms with E-state index < -0.39 is 0 Å². The number of hydrogen-bond donors (Lipinski definition) is 0. The van der Waals surface area contributed by atoms with Crippen LogP contribution < -0.4 is 4.74 Å². The molecule has 0 spiro atoms. The number of aryl methyl sites for hydroxylation is 1. The normalized spacial score (nSPS) is 11.2. The summed E-state index contributed by atoms with van der Waals surface area (Å²) < 4.78 is 5.87. The van der Waals surface area contributed by atoms with Crippen molar-refractivity contribution in [3.05, 3.63) is 29.3 Å². The molecule has 2 nitrogen and oxygen atoms in total. The van der Waals surface area contributed by atoms with E-state index in [0.717, 1.165) is 24.0 Å². The third-order valence-electron chi connectivity index (χ3n) is 2.57. The highest BCUT2D eigenvalue weighted by Gasteiger charge is 2.17. The van der Waals surface area contributed by atoms with Gasteiger partial charge in [0.2, 0.25) is 0 Å². The van der Waals surface area contributed by atoms with Crippen LogP contribution in [0.25, 0.3) is 0 Å². The van der Waals surface area contributed by atoms with E-state index in [9.17, 15) is 4.79 Å². The van der Waals surface area contributed by atoms with E-state index in [1.807, 2.05) is 19.1 Å². The molecule has 0 aliphatic rings. The third-order valence-corrected chi connectivity index (χ3v) is 2.57. The fourth-order valence-electron chi connectivity index (χ4n) is 1.23. The summed E-state index contributed by atoms with van der Waals surface area (Å²) in [5.41, 5.74) is 1.53. The molecule has 0 bridgehead atoms. The second-order valence-electron chi connectivity index (χ2n) is 4.36. The van der Waals surface area contributed by atoms with Gasteiger partial charge in [0.25, 0.3) is 0 Å². The smallest absolute Gasteiger partial charge is 0.150 e. The molecule has 1 aromatic carbocycles. The summed E-state index contributed by atoms with van der Waals surface area (Å²) >= 11 is 0. The Hall–Kier alpha value is -1.31. The number of aldehydes is 1. The van der Waals surface area contributed by atoms with Crippen molar-refractivity contribution in [3.8, 4) is 5.75 Å². The minimum atomic E-state index is -0.159. The summed E-state index contributed by atoms with van der Waals surface area (Å²) in [6.45, 7) is 8.16. The molecule has 15 heavy (non-hydrogen) atoms. The van der Waals surface area contributed by atoms with E-state index in [1.165, 1.54) is 0 Å². The predicted octanol–water partition coefficient (Wildman–Crippen LogP) is 3.37. The van der Waals surface area contributed by atoms with E-state index in [-0.39, 0.29) is 5.60 Å². The zero-order chi connectivity index (χ0) is 11.5. The van der Waals surface area contributed by atoms with E-state index >= 15 is 0 Å². The zero-order valence-corrected chi connectivity index (χ0v) is 9.83. The molecule has 0 aliphatic carbocycles. The van der Waals surface area contributed by atoms with Crippen molar-refractivity contribution in [1.82, 2.24) is 0 Å². The standard InChI is InChI=1S/C13H18O2/c1-5-13(3,4)15-12-7-6-11(9-14)8-10(12)2/h6-9H,5H2,1-4H3. The molecular formula is C13H18O2. The fourth-order valence-corrected chi connectivity index (χ4v) is 1.23. The number of carbonyl (C=O) groups is 1. The van der Waals surface area contributed by atoms with Gasteiger partial charge in [-0.1, -0.05) is 6.92 Å². The first-order valence-corrected chi connectivity index (χ1v) is 5.23. The maximum atomic E-state index is 10.6. The quantitative estimate of drug-likeness (QED) is 0.706. The molecular weight excluding hydrogens is 188 g/mol. The highest BCUT2D eigenvalue weighted by molar-refractivity contribution is 5.75. The van der Waals surface area contributed by atoms with Gasteiger partial charge < -0.3 is 4.74 Å². The highest BCUT2D eigenvalue weighted by atomic mass is 16.5. The molecule has 0 atom stereocenters. The third kappa shape index (κ3) is 3.08. The van der Waals surface area contributed by atoms with Gasteiger partial charge in [0.05, 0.1) is 0 Å². The molecule has 0 unspecified atom stereocenters. The topological polar surface area (TPSA) is 26.3 Å². The molecule has 0 saturated heterocycles. The van der Waals surface area contributed by atoms with Crippen LogP contribution in [0.15, 0.2) is 18.2 Å². The molecule has 0 saturated carbocycles. The molecule has 0 fully saturated rings. The lowest BCUT2D eigenvalue weighted by molar-refractivity contribution is 0.104. The second kappa shape index (κ2) is 4.47. The van der Waals surface area contributed by atoms with Crippen LogP contribution >= 0.6 is 0 Å². The van der Waals surface area contributed by atoms with Crippen LogP contribution in [0.3, 0.4) is 0 Å². The monoisotopic (exact) mass is 206 g/mol. The van der Waals surface area contributed by atoms with Crippen LogP contribution in [-0.4, -0.2) is 11.9 Å².